The van der Waals surface area contributed by atoms with Crippen LogP contribution in [0, 0.1) is 22.6 Å². The molecule has 0 amide bonds. The molecule has 0 radical (unpaired) electrons. The molecule has 1 rings (SSSR count). The first kappa shape index (κ1) is 13.7. The predicted octanol–water partition coefficient (Wildman–Crippen LogP) is 2.90. The van der Waals surface area contributed by atoms with Gasteiger partial charge in [0.15, 0.2) is 0 Å². The third-order valence-electron chi connectivity index (χ3n) is 3.22. The minimum atomic E-state index is -0.346. The Morgan fingerprint density at radius 1 is 1.35 bits per heavy atom. The van der Waals surface area contributed by atoms with Crippen molar-refractivity contribution in [3.05, 3.63) is 35.6 Å². The van der Waals surface area contributed by atoms with E-state index in [0.29, 0.717) is 6.42 Å². The Labute approximate surface area is 102 Å². The molecule has 0 aliphatic rings. The van der Waals surface area contributed by atoms with Crippen molar-refractivity contribution in [2.45, 2.75) is 26.2 Å². The Balaban J connectivity index is 2.79. The maximum Gasteiger partial charge on any atom is 0.123 e. The molecule has 3 heteroatoms. The second-order valence-corrected chi connectivity index (χ2v) is 4.40. The topological polar surface area (TPSA) is 35.8 Å². The normalized spacial score (nSPS) is 14.0. The molecule has 1 unspecified atom stereocenters. The van der Waals surface area contributed by atoms with Gasteiger partial charge in [0, 0.05) is 0 Å². The van der Waals surface area contributed by atoms with Crippen LogP contribution in [-0.2, 0) is 6.42 Å². The molecule has 92 valence electrons. The molecule has 0 aliphatic carbocycles. The van der Waals surface area contributed by atoms with Crippen LogP contribution in [0.5, 0.6) is 0 Å². The molecule has 0 saturated heterocycles. The molecule has 0 aliphatic heterocycles. The third-order valence-corrected chi connectivity index (χ3v) is 3.22. The minimum absolute atomic E-state index is 0.233. The molecule has 2 nitrogen and oxygen atoms in total. The van der Waals surface area contributed by atoms with Gasteiger partial charge in [0.2, 0.25) is 0 Å². The Morgan fingerprint density at radius 3 is 2.47 bits per heavy atom. The van der Waals surface area contributed by atoms with Crippen molar-refractivity contribution >= 4 is 0 Å². The molecular weight excluding hydrogens is 215 g/mol. The molecule has 0 saturated carbocycles. The number of nitrogens with zero attached hydrogens (tertiary/aromatic N) is 1. The fraction of sp³-hybridized carbons (Fsp3) is 0.500. The summed E-state index contributed by atoms with van der Waals surface area (Å²) in [6.07, 6.45) is 2.30. The van der Waals surface area contributed by atoms with E-state index >= 15 is 0 Å². The predicted molar refractivity (Wildman–Crippen MR) is 67.0 cm³/mol. The molecule has 1 aromatic carbocycles. The van der Waals surface area contributed by atoms with Crippen molar-refractivity contribution in [3.8, 4) is 6.07 Å². The molecule has 1 N–H and O–H groups in total. The summed E-state index contributed by atoms with van der Waals surface area (Å²) < 4.78 is 12.8. The van der Waals surface area contributed by atoms with Crippen LogP contribution in [0.3, 0.4) is 0 Å². The van der Waals surface area contributed by atoms with Gasteiger partial charge in [0.25, 0.3) is 0 Å². The average Bonchev–Trinajstić information content (AvgIpc) is 2.37. The summed E-state index contributed by atoms with van der Waals surface area (Å²) in [5, 5.41) is 12.4. The molecule has 1 atom stereocenters. The van der Waals surface area contributed by atoms with E-state index in [1.54, 1.807) is 12.1 Å². The van der Waals surface area contributed by atoms with E-state index in [9.17, 15) is 9.65 Å². The van der Waals surface area contributed by atoms with Gasteiger partial charge in [-0.1, -0.05) is 19.1 Å². The summed E-state index contributed by atoms with van der Waals surface area (Å²) >= 11 is 0. The molecular formula is C14H19FN2. The lowest BCUT2D eigenvalue weighted by molar-refractivity contribution is 0.343. The van der Waals surface area contributed by atoms with Gasteiger partial charge < -0.3 is 5.32 Å². The lowest BCUT2D eigenvalue weighted by Crippen LogP contribution is -2.26. The highest BCUT2D eigenvalue weighted by Crippen LogP contribution is 2.30. The van der Waals surface area contributed by atoms with Gasteiger partial charge in [-0.2, -0.15) is 5.26 Å². The zero-order valence-corrected chi connectivity index (χ0v) is 10.5. The fourth-order valence-corrected chi connectivity index (χ4v) is 1.92. The number of halogens is 1. The highest BCUT2D eigenvalue weighted by molar-refractivity contribution is 5.20. The summed E-state index contributed by atoms with van der Waals surface area (Å²) in [5.74, 6) is -0.233. The van der Waals surface area contributed by atoms with E-state index in [1.807, 2.05) is 14.0 Å². The highest BCUT2D eigenvalue weighted by Gasteiger charge is 2.27. The summed E-state index contributed by atoms with van der Waals surface area (Å²) in [5.41, 5.74) is 0.673. The van der Waals surface area contributed by atoms with E-state index in [1.165, 1.54) is 12.1 Å². The third kappa shape index (κ3) is 3.83. The van der Waals surface area contributed by atoms with E-state index in [2.05, 4.69) is 11.4 Å². The second kappa shape index (κ2) is 6.36. The maximum atomic E-state index is 12.8. The van der Waals surface area contributed by atoms with Gasteiger partial charge in [-0.15, -0.1) is 0 Å². The number of hydrogen-bond acceptors (Lipinski definition) is 2. The molecule has 0 aromatic heterocycles. The van der Waals surface area contributed by atoms with E-state index in [0.717, 1.165) is 24.9 Å². The van der Waals surface area contributed by atoms with Gasteiger partial charge in [-0.25, -0.2) is 4.39 Å². The molecule has 17 heavy (non-hydrogen) atoms. The van der Waals surface area contributed by atoms with Crippen molar-refractivity contribution in [3.63, 3.8) is 0 Å². The number of rotatable bonds is 6. The van der Waals surface area contributed by atoms with E-state index in [4.69, 9.17) is 0 Å². The molecule has 0 fully saturated rings. The summed E-state index contributed by atoms with van der Waals surface area (Å²) in [6, 6.07) is 8.85. The van der Waals surface area contributed by atoms with Gasteiger partial charge in [0.1, 0.15) is 5.82 Å². The lowest BCUT2D eigenvalue weighted by Gasteiger charge is -2.25. The van der Waals surface area contributed by atoms with E-state index in [-0.39, 0.29) is 11.2 Å². The monoisotopic (exact) mass is 234 g/mol. The molecule has 0 spiro atoms. The standard InChI is InChI=1S/C14H19FN2/c1-3-14(11-16,8-9-17-2)10-12-4-6-13(15)7-5-12/h4-7,17H,3,8-10H2,1-2H3. The van der Waals surface area contributed by atoms with E-state index < -0.39 is 0 Å². The number of nitriles is 1. The van der Waals surface area contributed by atoms with Crippen molar-refractivity contribution in [1.29, 1.82) is 5.26 Å². The van der Waals surface area contributed by atoms with Crippen LogP contribution in [0.1, 0.15) is 25.3 Å². The second-order valence-electron chi connectivity index (χ2n) is 4.40. The number of hydrogen-bond donors (Lipinski definition) is 1. The first-order chi connectivity index (χ1) is 8.15. The maximum absolute atomic E-state index is 12.8. The lowest BCUT2D eigenvalue weighted by atomic mass is 9.78. The first-order valence-electron chi connectivity index (χ1n) is 5.96. The van der Waals surface area contributed by atoms with Crippen LogP contribution < -0.4 is 5.32 Å². The number of nitrogens with one attached hydrogen (secondary N) is 1. The van der Waals surface area contributed by atoms with Gasteiger partial charge in [-0.05, 0) is 50.6 Å². The molecule has 0 bridgehead atoms. The largest absolute Gasteiger partial charge is 0.320 e. The van der Waals surface area contributed by atoms with Crippen molar-refractivity contribution in [2.24, 2.45) is 5.41 Å². The Hall–Kier alpha value is -1.40. The first-order valence-corrected chi connectivity index (χ1v) is 5.96. The summed E-state index contributed by atoms with van der Waals surface area (Å²) in [6.45, 7) is 2.85. The van der Waals surface area contributed by atoms with Crippen molar-refractivity contribution in [1.82, 2.24) is 5.32 Å². The Kier molecular flexibility index (Phi) is 5.11. The van der Waals surface area contributed by atoms with Crippen LogP contribution in [0.15, 0.2) is 24.3 Å². The van der Waals surface area contributed by atoms with Crippen LogP contribution in [0.2, 0.25) is 0 Å². The van der Waals surface area contributed by atoms with Gasteiger partial charge >= 0.3 is 0 Å². The quantitative estimate of drug-likeness (QED) is 0.821. The van der Waals surface area contributed by atoms with Crippen LogP contribution >= 0.6 is 0 Å². The highest BCUT2D eigenvalue weighted by atomic mass is 19.1. The average molecular weight is 234 g/mol. The minimum Gasteiger partial charge on any atom is -0.320 e. The fourth-order valence-electron chi connectivity index (χ4n) is 1.92. The molecule has 1 aromatic rings. The Bertz CT molecular complexity index is 380. The van der Waals surface area contributed by atoms with Gasteiger partial charge in [-0.3, -0.25) is 0 Å². The van der Waals surface area contributed by atoms with Crippen LogP contribution in [-0.4, -0.2) is 13.6 Å². The van der Waals surface area contributed by atoms with Gasteiger partial charge in [0.05, 0.1) is 11.5 Å². The SMILES string of the molecule is CCC(C#N)(CCNC)Cc1ccc(F)cc1. The zero-order chi connectivity index (χ0) is 12.7. The van der Waals surface area contributed by atoms with Crippen molar-refractivity contribution < 1.29 is 4.39 Å². The Morgan fingerprint density at radius 2 is 2.00 bits per heavy atom. The zero-order valence-electron chi connectivity index (χ0n) is 10.5. The van der Waals surface area contributed by atoms with Crippen LogP contribution in [0.25, 0.3) is 0 Å². The summed E-state index contributed by atoms with van der Waals surface area (Å²) in [7, 11) is 1.88. The number of benzene rings is 1. The smallest absolute Gasteiger partial charge is 0.123 e. The van der Waals surface area contributed by atoms with Crippen molar-refractivity contribution in [2.75, 3.05) is 13.6 Å². The molecule has 0 heterocycles. The van der Waals surface area contributed by atoms with Crippen LogP contribution in [0.4, 0.5) is 4.39 Å². The summed E-state index contributed by atoms with van der Waals surface area (Å²) in [4.78, 5) is 0.